The SMILES string of the molecule is Cc1cc(CC(=O)OC(C)(C)C)cc(O)c1[N+](=O)[O-]. The van der Waals surface area contributed by atoms with Gasteiger partial charge in [0.1, 0.15) is 5.60 Å². The summed E-state index contributed by atoms with van der Waals surface area (Å²) >= 11 is 0. The van der Waals surface area contributed by atoms with Crippen molar-refractivity contribution < 1.29 is 19.6 Å². The number of phenolic OH excluding ortho intramolecular Hbond substituents is 1. The van der Waals surface area contributed by atoms with Gasteiger partial charge in [0.2, 0.25) is 0 Å². The molecule has 19 heavy (non-hydrogen) atoms. The summed E-state index contributed by atoms with van der Waals surface area (Å²) < 4.78 is 5.14. The zero-order valence-corrected chi connectivity index (χ0v) is 11.4. The molecule has 1 N–H and O–H groups in total. The van der Waals surface area contributed by atoms with Gasteiger partial charge < -0.3 is 9.84 Å². The van der Waals surface area contributed by atoms with Crippen LogP contribution >= 0.6 is 0 Å². The maximum Gasteiger partial charge on any atom is 0.313 e. The second-order valence-electron chi connectivity index (χ2n) is 5.30. The minimum absolute atomic E-state index is 0.0380. The molecule has 0 aliphatic heterocycles. The van der Waals surface area contributed by atoms with Crippen LogP contribution < -0.4 is 0 Å². The number of hydrogen-bond acceptors (Lipinski definition) is 5. The predicted molar refractivity (Wildman–Crippen MR) is 69.0 cm³/mol. The van der Waals surface area contributed by atoms with Crippen molar-refractivity contribution in [1.82, 2.24) is 0 Å². The molecule has 0 aliphatic rings. The fourth-order valence-electron chi connectivity index (χ4n) is 1.72. The van der Waals surface area contributed by atoms with Crippen molar-refractivity contribution in [2.45, 2.75) is 39.7 Å². The Balaban J connectivity index is 2.93. The fourth-order valence-corrected chi connectivity index (χ4v) is 1.72. The summed E-state index contributed by atoms with van der Waals surface area (Å²) in [6, 6.07) is 2.72. The lowest BCUT2D eigenvalue weighted by Crippen LogP contribution is -2.24. The van der Waals surface area contributed by atoms with Crippen LogP contribution in [0.25, 0.3) is 0 Å². The Labute approximate surface area is 111 Å². The average molecular weight is 267 g/mol. The van der Waals surface area contributed by atoms with Crippen LogP contribution in [0, 0.1) is 17.0 Å². The summed E-state index contributed by atoms with van der Waals surface area (Å²) in [6.45, 7) is 6.77. The van der Waals surface area contributed by atoms with Gasteiger partial charge in [0, 0.05) is 5.56 Å². The van der Waals surface area contributed by atoms with Crippen molar-refractivity contribution in [3.63, 3.8) is 0 Å². The molecule has 0 bridgehead atoms. The van der Waals surface area contributed by atoms with Gasteiger partial charge in [-0.2, -0.15) is 0 Å². The number of phenols is 1. The van der Waals surface area contributed by atoms with Crippen molar-refractivity contribution >= 4 is 11.7 Å². The third-order valence-electron chi connectivity index (χ3n) is 2.29. The van der Waals surface area contributed by atoms with Gasteiger partial charge in [-0.25, -0.2) is 0 Å². The first-order valence-corrected chi connectivity index (χ1v) is 5.79. The first kappa shape index (κ1) is 14.9. The second kappa shape index (κ2) is 5.26. The molecule has 1 rings (SSSR count). The van der Waals surface area contributed by atoms with Gasteiger partial charge in [-0.1, -0.05) is 0 Å². The average Bonchev–Trinajstić information content (AvgIpc) is 2.10. The number of ether oxygens (including phenoxy) is 1. The van der Waals surface area contributed by atoms with E-state index in [1.807, 2.05) is 0 Å². The number of nitro benzene ring substituents is 1. The number of aromatic hydroxyl groups is 1. The zero-order chi connectivity index (χ0) is 14.8. The third-order valence-corrected chi connectivity index (χ3v) is 2.29. The fraction of sp³-hybridized carbons (Fsp3) is 0.462. The third kappa shape index (κ3) is 4.24. The van der Waals surface area contributed by atoms with Gasteiger partial charge in [0.15, 0.2) is 5.75 Å². The van der Waals surface area contributed by atoms with Crippen LogP contribution in [-0.2, 0) is 16.0 Å². The van der Waals surface area contributed by atoms with E-state index in [4.69, 9.17) is 4.74 Å². The molecule has 1 aromatic rings. The highest BCUT2D eigenvalue weighted by atomic mass is 16.6. The van der Waals surface area contributed by atoms with Crippen molar-refractivity contribution in [2.24, 2.45) is 0 Å². The molecule has 0 heterocycles. The van der Waals surface area contributed by atoms with E-state index in [0.717, 1.165) is 0 Å². The number of carbonyl (C=O) groups is 1. The van der Waals surface area contributed by atoms with E-state index in [2.05, 4.69) is 0 Å². The second-order valence-corrected chi connectivity index (χ2v) is 5.30. The molecule has 0 unspecified atom stereocenters. The van der Waals surface area contributed by atoms with E-state index in [1.165, 1.54) is 19.1 Å². The van der Waals surface area contributed by atoms with E-state index in [-0.39, 0.29) is 12.1 Å². The first-order valence-electron chi connectivity index (χ1n) is 5.79. The normalized spacial score (nSPS) is 11.2. The number of rotatable bonds is 3. The Morgan fingerprint density at radius 1 is 1.42 bits per heavy atom. The summed E-state index contributed by atoms with van der Waals surface area (Å²) in [7, 11) is 0. The smallest absolute Gasteiger partial charge is 0.313 e. The van der Waals surface area contributed by atoms with Gasteiger partial charge in [0.05, 0.1) is 11.3 Å². The van der Waals surface area contributed by atoms with Crippen LogP contribution in [0.15, 0.2) is 12.1 Å². The highest BCUT2D eigenvalue weighted by Crippen LogP contribution is 2.31. The van der Waals surface area contributed by atoms with E-state index < -0.39 is 22.2 Å². The van der Waals surface area contributed by atoms with E-state index in [9.17, 15) is 20.0 Å². The molecular weight excluding hydrogens is 250 g/mol. The summed E-state index contributed by atoms with van der Waals surface area (Å²) in [4.78, 5) is 21.7. The van der Waals surface area contributed by atoms with Crippen LogP contribution in [0.5, 0.6) is 5.75 Å². The summed E-state index contributed by atoms with van der Waals surface area (Å²) in [5.74, 6) is -0.885. The van der Waals surface area contributed by atoms with Crippen molar-refractivity contribution in [1.29, 1.82) is 0 Å². The van der Waals surface area contributed by atoms with Gasteiger partial charge in [-0.3, -0.25) is 14.9 Å². The molecule has 6 nitrogen and oxygen atoms in total. The van der Waals surface area contributed by atoms with E-state index in [1.54, 1.807) is 20.8 Å². The van der Waals surface area contributed by atoms with Crippen LogP contribution in [0.1, 0.15) is 31.9 Å². The number of hydrogen-bond donors (Lipinski definition) is 1. The van der Waals surface area contributed by atoms with Crippen LogP contribution in [0.4, 0.5) is 5.69 Å². The van der Waals surface area contributed by atoms with Crippen molar-refractivity contribution in [3.8, 4) is 5.75 Å². The number of carbonyl (C=O) groups excluding carboxylic acids is 1. The molecule has 0 fully saturated rings. The lowest BCUT2D eigenvalue weighted by molar-refractivity contribution is -0.386. The number of esters is 1. The van der Waals surface area contributed by atoms with Crippen LogP contribution in [0.3, 0.4) is 0 Å². The molecule has 0 spiro atoms. The quantitative estimate of drug-likeness (QED) is 0.516. The van der Waals surface area contributed by atoms with Gasteiger partial charge in [-0.15, -0.1) is 0 Å². The number of benzene rings is 1. The Bertz CT molecular complexity index is 493. The maximum absolute atomic E-state index is 11.6. The number of nitro groups is 1. The lowest BCUT2D eigenvalue weighted by Gasteiger charge is -2.19. The first-order chi connectivity index (χ1) is 8.60. The lowest BCUT2D eigenvalue weighted by atomic mass is 10.1. The van der Waals surface area contributed by atoms with Crippen LogP contribution in [-0.4, -0.2) is 21.6 Å². The monoisotopic (exact) mass is 267 g/mol. The number of nitrogens with zero attached hydrogens (tertiary/aromatic N) is 1. The molecular formula is C13H17NO5. The van der Waals surface area contributed by atoms with Gasteiger partial charge >= 0.3 is 11.7 Å². The van der Waals surface area contributed by atoms with Gasteiger partial charge in [0.25, 0.3) is 0 Å². The molecule has 0 saturated heterocycles. The highest BCUT2D eigenvalue weighted by molar-refractivity contribution is 5.73. The Morgan fingerprint density at radius 2 is 2.00 bits per heavy atom. The van der Waals surface area contributed by atoms with Crippen LogP contribution in [0.2, 0.25) is 0 Å². The molecule has 0 saturated carbocycles. The summed E-state index contributed by atoms with van der Waals surface area (Å²) in [5, 5.41) is 20.3. The molecule has 0 aliphatic carbocycles. The molecule has 0 aromatic heterocycles. The molecule has 104 valence electrons. The molecule has 6 heteroatoms. The van der Waals surface area contributed by atoms with Gasteiger partial charge in [-0.05, 0) is 45.4 Å². The summed E-state index contributed by atoms with van der Waals surface area (Å²) in [6.07, 6.45) is -0.0380. The van der Waals surface area contributed by atoms with E-state index >= 15 is 0 Å². The molecule has 0 radical (unpaired) electrons. The zero-order valence-electron chi connectivity index (χ0n) is 11.4. The maximum atomic E-state index is 11.6. The standard InChI is InChI=1S/C13H17NO5/c1-8-5-9(6-10(15)12(8)14(17)18)7-11(16)19-13(2,3)4/h5-6,15H,7H2,1-4H3. The predicted octanol–water partition coefficient (Wildman–Crippen LogP) is 2.49. The van der Waals surface area contributed by atoms with E-state index in [0.29, 0.717) is 11.1 Å². The highest BCUT2D eigenvalue weighted by Gasteiger charge is 2.21. The minimum atomic E-state index is -0.651. The summed E-state index contributed by atoms with van der Waals surface area (Å²) in [5.41, 5.74) is -0.138. The molecule has 0 amide bonds. The Hall–Kier alpha value is -2.11. The number of aryl methyl sites for hydroxylation is 1. The molecule has 0 atom stereocenters. The topological polar surface area (TPSA) is 89.7 Å². The minimum Gasteiger partial charge on any atom is -0.502 e. The Kier molecular flexibility index (Phi) is 4.14. The largest absolute Gasteiger partial charge is 0.502 e. The van der Waals surface area contributed by atoms with Crippen molar-refractivity contribution in [3.05, 3.63) is 33.4 Å². The van der Waals surface area contributed by atoms with Crippen molar-refractivity contribution in [2.75, 3.05) is 0 Å². The Morgan fingerprint density at radius 3 is 2.42 bits per heavy atom. The molecule has 1 aromatic carbocycles.